The largest absolute Gasteiger partial charge is 0.416 e. The summed E-state index contributed by atoms with van der Waals surface area (Å²) in [7, 11) is 3.37. The highest BCUT2D eigenvalue weighted by Crippen LogP contribution is 2.34. The monoisotopic (exact) mass is 375 g/mol. The Morgan fingerprint density at radius 2 is 1.87 bits per heavy atom. The molecule has 1 rings (SSSR count). The van der Waals surface area contributed by atoms with Crippen LogP contribution in [0.3, 0.4) is 0 Å². The summed E-state index contributed by atoms with van der Waals surface area (Å²) < 4.78 is 38.3. The van der Waals surface area contributed by atoms with E-state index in [0.29, 0.717) is 12.1 Å². The standard InChI is InChI=1S/C14H20F3N3O.2ClH/c1-4-5-10(18)13(21)19-11-8-9(14(15,16)17)6-7-12(11)20(2)3;;/h6-8,10H,4-5,18H2,1-3H3,(H,19,21);2*1H. The lowest BCUT2D eigenvalue weighted by Crippen LogP contribution is -2.35. The number of amides is 1. The summed E-state index contributed by atoms with van der Waals surface area (Å²) in [6.07, 6.45) is -3.27. The van der Waals surface area contributed by atoms with Crippen LogP contribution >= 0.6 is 24.8 Å². The number of halogens is 5. The Hall–Kier alpha value is -1.18. The van der Waals surface area contributed by atoms with Crippen LogP contribution in [0.4, 0.5) is 24.5 Å². The topological polar surface area (TPSA) is 58.4 Å². The molecule has 0 heterocycles. The lowest BCUT2D eigenvalue weighted by molar-refractivity contribution is -0.137. The smallest absolute Gasteiger partial charge is 0.376 e. The minimum absolute atomic E-state index is 0. The lowest BCUT2D eigenvalue weighted by atomic mass is 10.1. The molecule has 1 aromatic rings. The molecular formula is C14H22Cl2F3N3O. The number of anilines is 2. The fourth-order valence-electron chi connectivity index (χ4n) is 1.87. The van der Waals surface area contributed by atoms with Gasteiger partial charge in [0, 0.05) is 14.1 Å². The molecule has 0 saturated heterocycles. The van der Waals surface area contributed by atoms with Gasteiger partial charge in [0.15, 0.2) is 0 Å². The van der Waals surface area contributed by atoms with Crippen molar-refractivity contribution < 1.29 is 18.0 Å². The Balaban J connectivity index is 0. The molecule has 0 bridgehead atoms. The Labute approximate surface area is 146 Å². The number of nitrogens with zero attached hydrogens (tertiary/aromatic N) is 1. The number of rotatable bonds is 5. The SMILES string of the molecule is CCCC(N)C(=O)Nc1cc(C(F)(F)F)ccc1N(C)C.Cl.Cl. The van der Waals surface area contributed by atoms with Gasteiger partial charge in [-0.3, -0.25) is 4.79 Å². The maximum Gasteiger partial charge on any atom is 0.416 e. The average molecular weight is 376 g/mol. The van der Waals surface area contributed by atoms with E-state index in [4.69, 9.17) is 5.73 Å². The lowest BCUT2D eigenvalue weighted by Gasteiger charge is -2.21. The molecule has 0 aromatic heterocycles. The summed E-state index contributed by atoms with van der Waals surface area (Å²) in [5.74, 6) is -0.487. The number of carbonyl (C=O) groups is 1. The summed E-state index contributed by atoms with van der Waals surface area (Å²) in [6, 6.07) is 2.49. The number of hydrogen-bond donors (Lipinski definition) is 2. The summed E-state index contributed by atoms with van der Waals surface area (Å²) in [6.45, 7) is 1.88. The van der Waals surface area contributed by atoms with Crippen LogP contribution in [0.25, 0.3) is 0 Å². The minimum Gasteiger partial charge on any atom is -0.376 e. The molecule has 1 atom stereocenters. The zero-order chi connectivity index (χ0) is 16.2. The van der Waals surface area contributed by atoms with Crippen molar-refractivity contribution in [2.24, 2.45) is 5.73 Å². The van der Waals surface area contributed by atoms with E-state index in [1.165, 1.54) is 6.07 Å². The van der Waals surface area contributed by atoms with E-state index in [-0.39, 0.29) is 30.5 Å². The van der Waals surface area contributed by atoms with E-state index in [0.717, 1.165) is 18.6 Å². The highest BCUT2D eigenvalue weighted by Gasteiger charge is 2.31. The van der Waals surface area contributed by atoms with E-state index in [1.54, 1.807) is 19.0 Å². The molecule has 1 amide bonds. The van der Waals surface area contributed by atoms with Crippen molar-refractivity contribution in [1.82, 2.24) is 0 Å². The predicted octanol–water partition coefficient (Wildman–Crippen LogP) is 3.68. The summed E-state index contributed by atoms with van der Waals surface area (Å²) in [4.78, 5) is 13.5. The summed E-state index contributed by atoms with van der Waals surface area (Å²) in [5.41, 5.74) is 5.45. The summed E-state index contributed by atoms with van der Waals surface area (Å²) in [5, 5.41) is 2.48. The van der Waals surface area contributed by atoms with E-state index in [9.17, 15) is 18.0 Å². The number of carbonyl (C=O) groups excluding carboxylic acids is 1. The molecule has 134 valence electrons. The first-order valence-corrected chi connectivity index (χ1v) is 6.61. The normalized spacial score (nSPS) is 11.8. The van der Waals surface area contributed by atoms with Gasteiger partial charge in [-0.15, -0.1) is 24.8 Å². The Morgan fingerprint density at radius 3 is 2.30 bits per heavy atom. The number of benzene rings is 1. The first-order valence-electron chi connectivity index (χ1n) is 6.61. The number of nitrogens with two attached hydrogens (primary N) is 1. The third-order valence-electron chi connectivity index (χ3n) is 3.00. The molecule has 3 N–H and O–H groups in total. The maximum absolute atomic E-state index is 12.8. The van der Waals surface area contributed by atoms with Crippen LogP contribution < -0.4 is 16.0 Å². The number of hydrogen-bond acceptors (Lipinski definition) is 3. The van der Waals surface area contributed by atoms with Crippen molar-refractivity contribution in [2.75, 3.05) is 24.3 Å². The minimum atomic E-state index is -4.46. The summed E-state index contributed by atoms with van der Waals surface area (Å²) >= 11 is 0. The Kier molecular flexibility index (Phi) is 10.3. The predicted molar refractivity (Wildman–Crippen MR) is 91.8 cm³/mol. The van der Waals surface area contributed by atoms with Gasteiger partial charge >= 0.3 is 6.18 Å². The molecule has 0 saturated carbocycles. The molecule has 1 aromatic carbocycles. The molecule has 0 aliphatic carbocycles. The van der Waals surface area contributed by atoms with Crippen molar-refractivity contribution in [3.8, 4) is 0 Å². The fraction of sp³-hybridized carbons (Fsp3) is 0.500. The molecule has 1 unspecified atom stereocenters. The van der Waals surface area contributed by atoms with Gasteiger partial charge in [0.05, 0.1) is 23.0 Å². The van der Waals surface area contributed by atoms with E-state index in [2.05, 4.69) is 5.32 Å². The third kappa shape index (κ3) is 6.85. The van der Waals surface area contributed by atoms with Crippen LogP contribution in [-0.4, -0.2) is 26.0 Å². The molecule has 0 aliphatic heterocycles. The average Bonchev–Trinajstić information content (AvgIpc) is 2.37. The molecule has 0 aliphatic rings. The molecule has 9 heteroatoms. The van der Waals surface area contributed by atoms with Crippen LogP contribution in [-0.2, 0) is 11.0 Å². The van der Waals surface area contributed by atoms with Crippen molar-refractivity contribution in [1.29, 1.82) is 0 Å². The van der Waals surface area contributed by atoms with E-state index < -0.39 is 23.7 Å². The second kappa shape index (κ2) is 9.85. The maximum atomic E-state index is 12.8. The zero-order valence-corrected chi connectivity index (χ0v) is 14.7. The number of nitrogens with one attached hydrogen (secondary N) is 1. The van der Waals surface area contributed by atoms with Crippen molar-refractivity contribution in [3.63, 3.8) is 0 Å². The van der Waals surface area contributed by atoms with Gasteiger partial charge in [0.2, 0.25) is 5.91 Å². The first kappa shape index (κ1) is 24.1. The molecule has 4 nitrogen and oxygen atoms in total. The van der Waals surface area contributed by atoms with Crippen LogP contribution in [0.1, 0.15) is 25.3 Å². The van der Waals surface area contributed by atoms with Crippen LogP contribution in [0.2, 0.25) is 0 Å². The van der Waals surface area contributed by atoms with Crippen LogP contribution in [0.5, 0.6) is 0 Å². The van der Waals surface area contributed by atoms with Gasteiger partial charge < -0.3 is 16.0 Å². The second-order valence-corrected chi connectivity index (χ2v) is 5.01. The quantitative estimate of drug-likeness (QED) is 0.824. The molecule has 0 fully saturated rings. The molecule has 23 heavy (non-hydrogen) atoms. The van der Waals surface area contributed by atoms with Crippen molar-refractivity contribution in [2.45, 2.75) is 32.0 Å². The van der Waals surface area contributed by atoms with Gasteiger partial charge in [0.1, 0.15) is 0 Å². The van der Waals surface area contributed by atoms with Gasteiger partial charge in [0.25, 0.3) is 0 Å². The molecule has 0 radical (unpaired) electrons. The van der Waals surface area contributed by atoms with Gasteiger partial charge in [-0.1, -0.05) is 13.3 Å². The van der Waals surface area contributed by atoms with Crippen molar-refractivity contribution >= 4 is 42.1 Å². The fourth-order valence-corrected chi connectivity index (χ4v) is 1.87. The van der Waals surface area contributed by atoms with Gasteiger partial charge in [-0.25, -0.2) is 0 Å². The van der Waals surface area contributed by atoms with Crippen LogP contribution in [0, 0.1) is 0 Å². The second-order valence-electron chi connectivity index (χ2n) is 5.01. The van der Waals surface area contributed by atoms with Crippen LogP contribution in [0.15, 0.2) is 18.2 Å². The zero-order valence-electron chi connectivity index (χ0n) is 13.1. The number of alkyl halides is 3. The Bertz CT molecular complexity index is 511. The van der Waals surface area contributed by atoms with Crippen molar-refractivity contribution in [3.05, 3.63) is 23.8 Å². The Morgan fingerprint density at radius 1 is 1.30 bits per heavy atom. The molecular weight excluding hydrogens is 354 g/mol. The first-order chi connectivity index (χ1) is 9.66. The van der Waals surface area contributed by atoms with E-state index in [1.807, 2.05) is 6.92 Å². The third-order valence-corrected chi connectivity index (χ3v) is 3.00. The van der Waals surface area contributed by atoms with Gasteiger partial charge in [-0.05, 0) is 24.6 Å². The van der Waals surface area contributed by atoms with E-state index >= 15 is 0 Å². The highest BCUT2D eigenvalue weighted by atomic mass is 35.5. The molecule has 0 spiro atoms. The van der Waals surface area contributed by atoms with Gasteiger partial charge in [-0.2, -0.15) is 13.2 Å². The highest BCUT2D eigenvalue weighted by molar-refractivity contribution is 5.97.